The molecule has 4 rings (SSSR count). The van der Waals surface area contributed by atoms with Crippen molar-refractivity contribution in [2.24, 2.45) is 40.4 Å². The molecule has 0 aliphatic heterocycles. The Kier molecular flexibility index (Phi) is 3.77. The first-order chi connectivity index (χ1) is 11.3. The van der Waals surface area contributed by atoms with Gasteiger partial charge in [0, 0.05) is 12.3 Å². The van der Waals surface area contributed by atoms with E-state index in [2.05, 4.69) is 13.8 Å². The van der Waals surface area contributed by atoms with E-state index < -0.39 is 0 Å². The van der Waals surface area contributed by atoms with Crippen LogP contribution in [0.25, 0.3) is 0 Å². The molecule has 24 heavy (non-hydrogen) atoms. The summed E-state index contributed by atoms with van der Waals surface area (Å²) in [5.74, 6) is 2.93. The smallest absolute Gasteiger partial charge is 0.176 e. The van der Waals surface area contributed by atoms with E-state index in [1.165, 1.54) is 32.1 Å². The van der Waals surface area contributed by atoms with Crippen LogP contribution in [-0.2, 0) is 4.79 Å². The molecule has 4 aliphatic carbocycles. The van der Waals surface area contributed by atoms with Gasteiger partial charge in [0.15, 0.2) is 5.78 Å². The van der Waals surface area contributed by atoms with Gasteiger partial charge in [-0.3, -0.25) is 4.79 Å². The quantitative estimate of drug-likeness (QED) is 0.755. The standard InChI is InChI=1S/C21H33NO2/c1-12(23)14-6-7-15-13-4-5-17-19(22)18(24)9-11-21(17,3)16(13)8-10-20(14,15)2/h12-17,22-23H,4-11H2,1-3H3/t12-,13+,14-,15+,16+,17?,20-,21-/m1/s1. The molecule has 4 fully saturated rings. The first kappa shape index (κ1) is 16.8. The summed E-state index contributed by atoms with van der Waals surface area (Å²) in [4.78, 5) is 12.1. The van der Waals surface area contributed by atoms with Crippen LogP contribution in [0.15, 0.2) is 0 Å². The zero-order valence-electron chi connectivity index (χ0n) is 15.5. The summed E-state index contributed by atoms with van der Waals surface area (Å²) in [7, 11) is 0. The molecule has 4 saturated carbocycles. The van der Waals surface area contributed by atoms with E-state index in [1.807, 2.05) is 6.92 Å². The molecule has 0 spiro atoms. The van der Waals surface area contributed by atoms with E-state index in [0.29, 0.717) is 29.4 Å². The van der Waals surface area contributed by atoms with Gasteiger partial charge in [-0.25, -0.2) is 0 Å². The fourth-order valence-electron chi connectivity index (χ4n) is 7.83. The molecule has 2 N–H and O–H groups in total. The minimum Gasteiger partial charge on any atom is -0.393 e. The second kappa shape index (κ2) is 5.40. The van der Waals surface area contributed by atoms with Gasteiger partial charge in [-0.05, 0) is 86.4 Å². The van der Waals surface area contributed by atoms with Crippen molar-refractivity contribution in [2.45, 2.75) is 78.2 Å². The first-order valence-corrected chi connectivity index (χ1v) is 10.1. The highest BCUT2D eigenvalue weighted by atomic mass is 16.3. The second-order valence-corrected chi connectivity index (χ2v) is 9.82. The number of hydrogen-bond acceptors (Lipinski definition) is 3. The lowest BCUT2D eigenvalue weighted by atomic mass is 9.44. The lowest BCUT2D eigenvalue weighted by Gasteiger charge is -2.60. The highest BCUT2D eigenvalue weighted by molar-refractivity contribution is 6.40. The van der Waals surface area contributed by atoms with Crippen LogP contribution < -0.4 is 0 Å². The Bertz CT molecular complexity index is 570. The minimum atomic E-state index is -0.191. The Morgan fingerprint density at radius 3 is 2.46 bits per heavy atom. The average Bonchev–Trinajstić information content (AvgIpc) is 2.89. The van der Waals surface area contributed by atoms with E-state index in [4.69, 9.17) is 5.41 Å². The molecule has 0 radical (unpaired) electrons. The largest absolute Gasteiger partial charge is 0.393 e. The number of hydrogen-bond donors (Lipinski definition) is 2. The summed E-state index contributed by atoms with van der Waals surface area (Å²) < 4.78 is 0. The maximum Gasteiger partial charge on any atom is 0.176 e. The number of carbonyl (C=O) groups is 1. The topological polar surface area (TPSA) is 61.1 Å². The van der Waals surface area contributed by atoms with Crippen LogP contribution in [0.3, 0.4) is 0 Å². The maximum atomic E-state index is 12.1. The molecule has 1 unspecified atom stereocenters. The number of aliphatic hydroxyl groups is 1. The van der Waals surface area contributed by atoms with E-state index in [0.717, 1.165) is 24.7 Å². The molecule has 0 aromatic rings. The number of aliphatic hydroxyl groups excluding tert-OH is 1. The molecule has 0 heterocycles. The summed E-state index contributed by atoms with van der Waals surface area (Å²) in [5.41, 5.74) is 0.901. The number of Topliss-reactive ketones (excluding diaryl/α,β-unsaturated/α-hetero) is 1. The summed E-state index contributed by atoms with van der Waals surface area (Å²) in [5, 5.41) is 18.6. The summed E-state index contributed by atoms with van der Waals surface area (Å²) in [6.07, 6.45) is 8.51. The third kappa shape index (κ3) is 2.06. The highest BCUT2D eigenvalue weighted by Crippen LogP contribution is 2.67. The number of rotatable bonds is 1. The molecule has 0 aromatic heterocycles. The molecule has 3 heteroatoms. The Hall–Kier alpha value is -0.700. The van der Waals surface area contributed by atoms with Crippen molar-refractivity contribution in [3.8, 4) is 0 Å². The molecule has 134 valence electrons. The summed E-state index contributed by atoms with van der Waals surface area (Å²) >= 11 is 0. The van der Waals surface area contributed by atoms with Crippen molar-refractivity contribution in [3.63, 3.8) is 0 Å². The van der Waals surface area contributed by atoms with Crippen LogP contribution >= 0.6 is 0 Å². The van der Waals surface area contributed by atoms with Crippen molar-refractivity contribution >= 4 is 11.5 Å². The molecular weight excluding hydrogens is 298 g/mol. The average molecular weight is 332 g/mol. The number of nitrogens with one attached hydrogen (secondary N) is 1. The molecule has 0 saturated heterocycles. The van der Waals surface area contributed by atoms with Crippen molar-refractivity contribution in [1.29, 1.82) is 5.41 Å². The normalized spacial score (nSPS) is 52.4. The Balaban J connectivity index is 1.64. The monoisotopic (exact) mass is 331 g/mol. The van der Waals surface area contributed by atoms with Crippen LogP contribution in [0.4, 0.5) is 0 Å². The molecule has 0 aromatic carbocycles. The third-order valence-corrected chi connectivity index (χ3v) is 9.06. The van der Waals surface area contributed by atoms with Crippen LogP contribution in [0, 0.1) is 45.8 Å². The van der Waals surface area contributed by atoms with Crippen molar-refractivity contribution in [3.05, 3.63) is 0 Å². The van der Waals surface area contributed by atoms with E-state index in [1.54, 1.807) is 0 Å². The zero-order chi connectivity index (χ0) is 17.3. The maximum absolute atomic E-state index is 12.1. The molecular formula is C21H33NO2. The SMILES string of the molecule is C[C@@H](O)[C@H]1CC[C@H]2[C@@H]3CCC4C(=N)C(=O)CC[C@]4(C)[C@H]3CC[C@]12C. The third-order valence-electron chi connectivity index (χ3n) is 9.06. The molecule has 3 nitrogen and oxygen atoms in total. The van der Waals surface area contributed by atoms with Crippen LogP contribution in [0.2, 0.25) is 0 Å². The molecule has 0 bridgehead atoms. The van der Waals surface area contributed by atoms with E-state index >= 15 is 0 Å². The minimum absolute atomic E-state index is 0.103. The van der Waals surface area contributed by atoms with Crippen LogP contribution in [0.5, 0.6) is 0 Å². The second-order valence-electron chi connectivity index (χ2n) is 9.82. The van der Waals surface area contributed by atoms with Gasteiger partial charge in [0.1, 0.15) is 0 Å². The van der Waals surface area contributed by atoms with Gasteiger partial charge in [0.05, 0.1) is 11.8 Å². The summed E-state index contributed by atoms with van der Waals surface area (Å²) in [6, 6.07) is 0. The predicted molar refractivity (Wildman–Crippen MR) is 95.0 cm³/mol. The van der Waals surface area contributed by atoms with Crippen LogP contribution in [-0.4, -0.2) is 22.7 Å². The van der Waals surface area contributed by atoms with Gasteiger partial charge in [0.25, 0.3) is 0 Å². The van der Waals surface area contributed by atoms with Gasteiger partial charge in [-0.15, -0.1) is 0 Å². The summed E-state index contributed by atoms with van der Waals surface area (Å²) in [6.45, 7) is 6.81. The Morgan fingerprint density at radius 1 is 1.04 bits per heavy atom. The fourth-order valence-corrected chi connectivity index (χ4v) is 7.83. The zero-order valence-corrected chi connectivity index (χ0v) is 15.5. The molecule has 8 atom stereocenters. The van der Waals surface area contributed by atoms with Gasteiger partial charge in [0.2, 0.25) is 0 Å². The van der Waals surface area contributed by atoms with Gasteiger partial charge in [-0.2, -0.15) is 0 Å². The lowest BCUT2D eigenvalue weighted by Crippen LogP contribution is -2.56. The van der Waals surface area contributed by atoms with Gasteiger partial charge in [-0.1, -0.05) is 13.8 Å². The number of ketones is 1. The number of fused-ring (bicyclic) bond motifs is 5. The Morgan fingerprint density at radius 2 is 1.75 bits per heavy atom. The van der Waals surface area contributed by atoms with E-state index in [9.17, 15) is 9.90 Å². The predicted octanol–water partition coefficient (Wildman–Crippen LogP) is 4.22. The van der Waals surface area contributed by atoms with Crippen LogP contribution in [0.1, 0.15) is 72.1 Å². The Labute approximate surface area is 146 Å². The van der Waals surface area contributed by atoms with Gasteiger partial charge < -0.3 is 10.5 Å². The first-order valence-electron chi connectivity index (χ1n) is 10.1. The van der Waals surface area contributed by atoms with Crippen molar-refractivity contribution < 1.29 is 9.90 Å². The van der Waals surface area contributed by atoms with Crippen molar-refractivity contribution in [2.75, 3.05) is 0 Å². The molecule has 4 aliphatic rings. The van der Waals surface area contributed by atoms with Gasteiger partial charge >= 0.3 is 0 Å². The highest BCUT2D eigenvalue weighted by Gasteiger charge is 2.61. The molecule has 0 amide bonds. The fraction of sp³-hybridized carbons (Fsp3) is 0.905. The lowest BCUT2D eigenvalue weighted by molar-refractivity contribution is -0.124. The number of carbonyl (C=O) groups excluding carboxylic acids is 1. The van der Waals surface area contributed by atoms with E-state index in [-0.39, 0.29) is 23.2 Å². The van der Waals surface area contributed by atoms with Crippen molar-refractivity contribution in [1.82, 2.24) is 0 Å².